The number of aryl methyl sites for hydroxylation is 1. The molecular weight excluding hydrogens is 366 g/mol. The van der Waals surface area contributed by atoms with Crippen LogP contribution < -0.4 is 0 Å². The lowest BCUT2D eigenvalue weighted by Crippen LogP contribution is -2.41. The molecule has 0 radical (unpaired) electrons. The molecule has 0 aliphatic carbocycles. The van der Waals surface area contributed by atoms with Crippen molar-refractivity contribution >= 4 is 46.5 Å². The van der Waals surface area contributed by atoms with Crippen molar-refractivity contribution in [3.63, 3.8) is 0 Å². The van der Waals surface area contributed by atoms with E-state index < -0.39 is 0 Å². The number of nitrogens with zero attached hydrogens (tertiary/aromatic N) is 3. The van der Waals surface area contributed by atoms with Crippen molar-refractivity contribution in [3.8, 4) is 0 Å². The Morgan fingerprint density at radius 2 is 2.04 bits per heavy atom. The summed E-state index contributed by atoms with van der Waals surface area (Å²) in [6.45, 7) is 2.33. The second kappa shape index (κ2) is 7.63. The summed E-state index contributed by atoms with van der Waals surface area (Å²) in [5.41, 5.74) is 0.477. The summed E-state index contributed by atoms with van der Waals surface area (Å²) in [6, 6.07) is 6.62. The number of thioether (sulfide) groups is 1. The molecule has 2 aromatic rings. The highest BCUT2D eigenvalue weighted by atomic mass is 35.5. The second-order valence-corrected chi connectivity index (χ2v) is 8.56. The molecule has 8 heteroatoms. The molecule has 5 nitrogen and oxygen atoms in total. The van der Waals surface area contributed by atoms with E-state index in [2.05, 4.69) is 10.2 Å². The van der Waals surface area contributed by atoms with Gasteiger partial charge in [-0.05, 0) is 44.0 Å². The van der Waals surface area contributed by atoms with Crippen LogP contribution >= 0.6 is 34.7 Å². The van der Waals surface area contributed by atoms with Gasteiger partial charge in [0.1, 0.15) is 5.01 Å². The van der Waals surface area contributed by atoms with Gasteiger partial charge in [0.05, 0.1) is 5.25 Å². The van der Waals surface area contributed by atoms with Gasteiger partial charge < -0.3 is 0 Å². The molecule has 2 heterocycles. The summed E-state index contributed by atoms with van der Waals surface area (Å²) < 4.78 is 0.770. The number of carbonyl (C=O) groups is 2. The summed E-state index contributed by atoms with van der Waals surface area (Å²) in [4.78, 5) is 26.9. The average Bonchev–Trinajstić information content (AvgIpc) is 2.89. The summed E-state index contributed by atoms with van der Waals surface area (Å²) in [5.74, 6) is -0.414. The third-order valence-electron chi connectivity index (χ3n) is 3.73. The van der Waals surface area contributed by atoms with Crippen molar-refractivity contribution in [1.29, 1.82) is 0 Å². The van der Waals surface area contributed by atoms with Crippen molar-refractivity contribution < 1.29 is 9.59 Å². The molecule has 0 bridgehead atoms. The van der Waals surface area contributed by atoms with E-state index in [1.807, 2.05) is 6.92 Å². The number of imide groups is 1. The molecule has 1 aromatic carbocycles. The van der Waals surface area contributed by atoms with Gasteiger partial charge in [0, 0.05) is 17.1 Å². The minimum Gasteiger partial charge on any atom is -0.278 e. The highest BCUT2D eigenvalue weighted by Crippen LogP contribution is 2.32. The number of amides is 2. The zero-order valence-electron chi connectivity index (χ0n) is 13.1. The Hall–Kier alpha value is -1.44. The Labute approximate surface area is 153 Å². The molecule has 1 aliphatic rings. The molecule has 0 N–H and O–H groups in total. The van der Waals surface area contributed by atoms with E-state index in [-0.39, 0.29) is 17.1 Å². The first kappa shape index (κ1) is 17.4. The van der Waals surface area contributed by atoms with Crippen LogP contribution in [0.2, 0.25) is 5.02 Å². The van der Waals surface area contributed by atoms with E-state index in [0.717, 1.165) is 28.6 Å². The van der Waals surface area contributed by atoms with Crippen LogP contribution in [0.25, 0.3) is 0 Å². The van der Waals surface area contributed by atoms with Gasteiger partial charge in [0.25, 0.3) is 5.91 Å². The topological polar surface area (TPSA) is 63.2 Å². The number of halogens is 1. The molecule has 2 amide bonds. The first-order chi connectivity index (χ1) is 11.5. The summed E-state index contributed by atoms with van der Waals surface area (Å²) in [6.07, 6.45) is 2.47. The van der Waals surface area contributed by atoms with Gasteiger partial charge in [0.15, 0.2) is 4.34 Å². The molecule has 1 saturated heterocycles. The molecule has 0 saturated carbocycles. The van der Waals surface area contributed by atoms with Gasteiger partial charge in [-0.25, -0.2) is 0 Å². The van der Waals surface area contributed by atoms with Crippen LogP contribution in [0.15, 0.2) is 28.6 Å². The normalized spacial score (nSPS) is 18.5. The molecule has 0 unspecified atom stereocenters. The lowest BCUT2D eigenvalue weighted by Gasteiger charge is -2.22. The van der Waals surface area contributed by atoms with Crippen LogP contribution in [-0.4, -0.2) is 38.7 Å². The van der Waals surface area contributed by atoms with Gasteiger partial charge in [-0.3, -0.25) is 14.5 Å². The quantitative estimate of drug-likeness (QED) is 0.756. The molecule has 3 rings (SSSR count). The van der Waals surface area contributed by atoms with Gasteiger partial charge in [-0.15, -0.1) is 10.2 Å². The third-order valence-corrected chi connectivity index (χ3v) is 6.16. The molecule has 0 spiro atoms. The van der Waals surface area contributed by atoms with Crippen LogP contribution in [-0.2, 0) is 4.79 Å². The zero-order valence-corrected chi connectivity index (χ0v) is 15.5. The van der Waals surface area contributed by atoms with E-state index in [1.165, 1.54) is 28.0 Å². The highest BCUT2D eigenvalue weighted by Gasteiger charge is 2.32. The molecule has 1 atom stereocenters. The van der Waals surface area contributed by atoms with Crippen LogP contribution in [0.3, 0.4) is 0 Å². The smallest absolute Gasteiger partial charge is 0.260 e. The van der Waals surface area contributed by atoms with Gasteiger partial charge in [0.2, 0.25) is 5.91 Å². The Morgan fingerprint density at radius 1 is 1.29 bits per heavy atom. The van der Waals surface area contributed by atoms with Crippen LogP contribution in [0.5, 0.6) is 0 Å². The van der Waals surface area contributed by atoms with Crippen molar-refractivity contribution in [2.75, 3.05) is 6.54 Å². The minimum absolute atomic E-state index is 0.148. The van der Waals surface area contributed by atoms with Crippen molar-refractivity contribution in [3.05, 3.63) is 39.9 Å². The number of aromatic nitrogens is 2. The number of rotatable bonds is 3. The largest absolute Gasteiger partial charge is 0.278 e. The first-order valence-corrected chi connectivity index (χ1v) is 9.70. The van der Waals surface area contributed by atoms with Crippen LogP contribution in [0.4, 0.5) is 0 Å². The molecule has 126 valence electrons. The fraction of sp³-hybridized carbons (Fsp3) is 0.375. The number of hydrogen-bond acceptors (Lipinski definition) is 6. The fourth-order valence-electron chi connectivity index (χ4n) is 2.51. The fourth-order valence-corrected chi connectivity index (χ4v) is 4.80. The van der Waals surface area contributed by atoms with Crippen molar-refractivity contribution in [1.82, 2.24) is 15.1 Å². The molecular formula is C16H16ClN3O2S2. The summed E-state index contributed by atoms with van der Waals surface area (Å²) in [7, 11) is 0. The first-order valence-electron chi connectivity index (χ1n) is 7.62. The highest BCUT2D eigenvalue weighted by molar-refractivity contribution is 8.02. The Morgan fingerprint density at radius 3 is 2.71 bits per heavy atom. The van der Waals surface area contributed by atoms with E-state index in [4.69, 9.17) is 11.6 Å². The molecule has 1 aromatic heterocycles. The monoisotopic (exact) mass is 381 g/mol. The molecule has 1 fully saturated rings. The summed E-state index contributed by atoms with van der Waals surface area (Å²) >= 11 is 8.74. The van der Waals surface area contributed by atoms with Gasteiger partial charge in [-0.2, -0.15) is 0 Å². The number of benzene rings is 1. The number of likely N-dealkylation sites (tertiary alicyclic amines) is 1. The Bertz CT molecular complexity index is 748. The number of carbonyl (C=O) groups excluding carboxylic acids is 2. The minimum atomic E-state index is -0.295. The third kappa shape index (κ3) is 3.96. The average molecular weight is 382 g/mol. The maximum Gasteiger partial charge on any atom is 0.260 e. The zero-order chi connectivity index (χ0) is 17.1. The van der Waals surface area contributed by atoms with Crippen LogP contribution in [0, 0.1) is 6.92 Å². The maximum absolute atomic E-state index is 12.9. The van der Waals surface area contributed by atoms with E-state index in [0.29, 0.717) is 17.1 Å². The van der Waals surface area contributed by atoms with Crippen LogP contribution in [0.1, 0.15) is 34.6 Å². The molecule has 24 heavy (non-hydrogen) atoms. The van der Waals surface area contributed by atoms with E-state index >= 15 is 0 Å². The SMILES string of the molecule is Cc1nnc(S[C@@H]2CCCCN(C(=O)c3ccc(Cl)cc3)C2=O)s1. The predicted molar refractivity (Wildman–Crippen MR) is 95.6 cm³/mol. The Kier molecular flexibility index (Phi) is 5.53. The number of hydrogen-bond donors (Lipinski definition) is 0. The second-order valence-electron chi connectivity index (χ2n) is 5.49. The van der Waals surface area contributed by atoms with Gasteiger partial charge >= 0.3 is 0 Å². The van der Waals surface area contributed by atoms with Crippen molar-refractivity contribution in [2.24, 2.45) is 0 Å². The van der Waals surface area contributed by atoms with Crippen molar-refractivity contribution in [2.45, 2.75) is 35.8 Å². The summed E-state index contributed by atoms with van der Waals surface area (Å²) in [5, 5.41) is 9.19. The Balaban J connectivity index is 1.78. The van der Waals surface area contributed by atoms with E-state index in [9.17, 15) is 9.59 Å². The lowest BCUT2D eigenvalue weighted by molar-refractivity contribution is -0.127. The maximum atomic E-state index is 12.9. The lowest BCUT2D eigenvalue weighted by atomic mass is 10.2. The van der Waals surface area contributed by atoms with E-state index in [1.54, 1.807) is 24.3 Å². The standard InChI is InChI=1S/C16H16ClN3O2S2/c1-10-18-19-16(23-10)24-13-4-2-3-9-20(15(13)22)14(21)11-5-7-12(17)8-6-11/h5-8,13H,2-4,9H2,1H3/t13-/m1/s1. The predicted octanol–water partition coefficient (Wildman–Crippen LogP) is 3.81. The molecule has 1 aliphatic heterocycles. The van der Waals surface area contributed by atoms with Gasteiger partial charge in [-0.1, -0.05) is 41.1 Å².